The van der Waals surface area contributed by atoms with Gasteiger partial charge in [-0.05, 0) is 56.1 Å². The maximum absolute atomic E-state index is 12.3. The molecule has 1 aromatic heterocycles. The summed E-state index contributed by atoms with van der Waals surface area (Å²) in [4.78, 5) is 25.8. The molecule has 0 spiro atoms. The first-order chi connectivity index (χ1) is 10.7. The molecule has 1 heterocycles. The van der Waals surface area contributed by atoms with Crippen molar-refractivity contribution in [3.05, 3.63) is 21.4 Å². The Kier molecular flexibility index (Phi) is 5.50. The molecule has 2 rings (SSSR count). The maximum atomic E-state index is 12.3. The molecular weight excluding hydrogens is 310 g/mol. The van der Waals surface area contributed by atoms with Gasteiger partial charge in [0.15, 0.2) is 6.10 Å². The summed E-state index contributed by atoms with van der Waals surface area (Å²) in [6.45, 7) is 10.8. The number of hydrogen-bond donors (Lipinski definition) is 1. The van der Waals surface area contributed by atoms with E-state index >= 15 is 0 Å². The number of carbonyl (C=O) groups is 2. The summed E-state index contributed by atoms with van der Waals surface area (Å²) in [5.74, 6) is -0.00634. The number of ether oxygens (including phenoxy) is 1. The number of hydrogen-bond acceptors (Lipinski definition) is 4. The average molecular weight is 337 g/mol. The first kappa shape index (κ1) is 18.0. The van der Waals surface area contributed by atoms with Crippen LogP contribution in [0, 0.1) is 11.3 Å². The fourth-order valence-electron chi connectivity index (χ4n) is 2.95. The van der Waals surface area contributed by atoms with E-state index in [1.54, 1.807) is 6.92 Å². The van der Waals surface area contributed by atoms with Crippen molar-refractivity contribution in [2.24, 2.45) is 11.3 Å². The number of rotatable bonds is 4. The molecule has 0 saturated carbocycles. The Labute approximate surface area is 142 Å². The predicted molar refractivity (Wildman–Crippen MR) is 92.9 cm³/mol. The van der Waals surface area contributed by atoms with Gasteiger partial charge in [0.25, 0.3) is 5.91 Å². The monoisotopic (exact) mass is 337 g/mol. The SMILES string of the molecule is CCNC(=O)[C@H](C)OC(=O)c1cc2c(s1)CC[C@@H](C(C)(C)C)C2. The van der Waals surface area contributed by atoms with Crippen LogP contribution in [0.25, 0.3) is 0 Å². The van der Waals surface area contributed by atoms with Gasteiger partial charge in [-0.15, -0.1) is 11.3 Å². The number of amides is 1. The molecule has 0 bridgehead atoms. The average Bonchev–Trinajstić information content (AvgIpc) is 2.89. The highest BCUT2D eigenvalue weighted by atomic mass is 32.1. The topological polar surface area (TPSA) is 55.4 Å². The van der Waals surface area contributed by atoms with Gasteiger partial charge in [-0.25, -0.2) is 4.79 Å². The Morgan fingerprint density at radius 2 is 2.13 bits per heavy atom. The van der Waals surface area contributed by atoms with Crippen LogP contribution >= 0.6 is 11.3 Å². The number of thiophene rings is 1. The third kappa shape index (κ3) is 4.34. The number of nitrogens with one attached hydrogen (secondary N) is 1. The summed E-state index contributed by atoms with van der Waals surface area (Å²) in [5, 5.41) is 2.66. The molecule has 0 aromatic carbocycles. The minimum atomic E-state index is -0.760. The quantitative estimate of drug-likeness (QED) is 0.854. The van der Waals surface area contributed by atoms with Crippen LogP contribution in [0.2, 0.25) is 0 Å². The molecule has 1 aliphatic rings. The van der Waals surface area contributed by atoms with E-state index in [1.165, 1.54) is 28.2 Å². The lowest BCUT2D eigenvalue weighted by Crippen LogP contribution is -2.35. The van der Waals surface area contributed by atoms with Gasteiger partial charge in [-0.3, -0.25) is 4.79 Å². The molecule has 0 fully saturated rings. The van der Waals surface area contributed by atoms with Crippen LogP contribution in [0.5, 0.6) is 0 Å². The van der Waals surface area contributed by atoms with Gasteiger partial charge in [-0.1, -0.05) is 20.8 Å². The fourth-order valence-corrected chi connectivity index (χ4v) is 4.04. The van der Waals surface area contributed by atoms with E-state index in [0.717, 1.165) is 12.8 Å². The van der Waals surface area contributed by atoms with Crippen molar-refractivity contribution in [2.75, 3.05) is 6.54 Å². The van der Waals surface area contributed by atoms with E-state index in [-0.39, 0.29) is 11.3 Å². The molecule has 128 valence electrons. The predicted octanol–water partition coefficient (Wildman–Crippen LogP) is 3.58. The van der Waals surface area contributed by atoms with Crippen LogP contribution in [0.3, 0.4) is 0 Å². The van der Waals surface area contributed by atoms with E-state index in [1.807, 2.05) is 13.0 Å². The summed E-state index contributed by atoms with van der Waals surface area (Å²) >= 11 is 1.52. The normalized spacial score (nSPS) is 18.9. The van der Waals surface area contributed by atoms with Gasteiger partial charge in [-0.2, -0.15) is 0 Å². The smallest absolute Gasteiger partial charge is 0.349 e. The molecule has 4 nitrogen and oxygen atoms in total. The molecule has 1 aliphatic carbocycles. The molecule has 0 saturated heterocycles. The first-order valence-electron chi connectivity index (χ1n) is 8.32. The zero-order chi connectivity index (χ0) is 17.2. The first-order valence-corrected chi connectivity index (χ1v) is 9.14. The zero-order valence-corrected chi connectivity index (χ0v) is 15.5. The van der Waals surface area contributed by atoms with Gasteiger partial charge < -0.3 is 10.1 Å². The highest BCUT2D eigenvalue weighted by Gasteiger charge is 2.31. The number of fused-ring (bicyclic) bond motifs is 1. The third-order valence-electron chi connectivity index (χ3n) is 4.51. The van der Waals surface area contributed by atoms with Gasteiger partial charge in [0.1, 0.15) is 4.88 Å². The molecule has 1 aromatic rings. The van der Waals surface area contributed by atoms with Crippen LogP contribution in [0.1, 0.15) is 61.2 Å². The lowest BCUT2D eigenvalue weighted by Gasteiger charge is -2.33. The number of likely N-dealkylation sites (N-methyl/N-ethyl adjacent to an activating group) is 1. The standard InChI is InChI=1S/C18H27NO3S/c1-6-19-16(20)11(2)22-17(21)15-10-12-9-13(18(3,4)5)7-8-14(12)23-15/h10-11,13H,6-9H2,1-5H3,(H,19,20)/t11-,13+/m0/s1. The van der Waals surface area contributed by atoms with Crippen LogP contribution < -0.4 is 5.32 Å². The van der Waals surface area contributed by atoms with Gasteiger partial charge in [0.05, 0.1) is 0 Å². The van der Waals surface area contributed by atoms with Crippen LogP contribution in [0.4, 0.5) is 0 Å². The third-order valence-corrected chi connectivity index (χ3v) is 5.73. The number of aryl methyl sites for hydroxylation is 1. The molecule has 0 aliphatic heterocycles. The van der Waals surface area contributed by atoms with Crippen molar-refractivity contribution in [3.8, 4) is 0 Å². The minimum absolute atomic E-state index is 0.255. The van der Waals surface area contributed by atoms with Crippen molar-refractivity contribution in [2.45, 2.75) is 60.0 Å². The molecule has 23 heavy (non-hydrogen) atoms. The Balaban J connectivity index is 2.05. The van der Waals surface area contributed by atoms with E-state index in [0.29, 0.717) is 17.3 Å². The van der Waals surface area contributed by atoms with E-state index in [4.69, 9.17) is 4.74 Å². The van der Waals surface area contributed by atoms with Crippen molar-refractivity contribution < 1.29 is 14.3 Å². The Bertz CT molecular complexity index is 586. The molecule has 2 atom stereocenters. The summed E-state index contributed by atoms with van der Waals surface area (Å²) in [7, 11) is 0. The second-order valence-electron chi connectivity index (χ2n) is 7.31. The van der Waals surface area contributed by atoms with Gasteiger partial charge in [0.2, 0.25) is 0 Å². The van der Waals surface area contributed by atoms with Crippen molar-refractivity contribution in [1.82, 2.24) is 5.32 Å². The molecular formula is C18H27NO3S. The fraction of sp³-hybridized carbons (Fsp3) is 0.667. The largest absolute Gasteiger partial charge is 0.448 e. The van der Waals surface area contributed by atoms with Crippen molar-refractivity contribution in [1.29, 1.82) is 0 Å². The minimum Gasteiger partial charge on any atom is -0.448 e. The zero-order valence-electron chi connectivity index (χ0n) is 14.7. The second kappa shape index (κ2) is 7.04. The molecule has 1 N–H and O–H groups in total. The molecule has 0 unspecified atom stereocenters. The number of esters is 1. The van der Waals surface area contributed by atoms with E-state index in [9.17, 15) is 9.59 Å². The lowest BCUT2D eigenvalue weighted by molar-refractivity contribution is -0.128. The molecule has 0 radical (unpaired) electrons. The van der Waals surface area contributed by atoms with Crippen LogP contribution in [-0.4, -0.2) is 24.5 Å². The molecule has 5 heteroatoms. The van der Waals surface area contributed by atoms with E-state index in [2.05, 4.69) is 26.1 Å². The Hall–Kier alpha value is -1.36. The highest BCUT2D eigenvalue weighted by molar-refractivity contribution is 7.14. The summed E-state index contributed by atoms with van der Waals surface area (Å²) in [6, 6.07) is 1.96. The van der Waals surface area contributed by atoms with E-state index < -0.39 is 12.1 Å². The van der Waals surface area contributed by atoms with Gasteiger partial charge >= 0.3 is 5.97 Å². The van der Waals surface area contributed by atoms with Gasteiger partial charge in [0, 0.05) is 11.4 Å². The summed E-state index contributed by atoms with van der Waals surface area (Å²) in [5.41, 5.74) is 1.56. The molecule has 1 amide bonds. The highest BCUT2D eigenvalue weighted by Crippen LogP contribution is 2.40. The second-order valence-corrected chi connectivity index (χ2v) is 8.44. The lowest BCUT2D eigenvalue weighted by atomic mass is 9.72. The number of carbonyl (C=O) groups excluding carboxylic acids is 2. The summed E-state index contributed by atoms with van der Waals surface area (Å²) < 4.78 is 5.28. The Morgan fingerprint density at radius 3 is 2.74 bits per heavy atom. The van der Waals surface area contributed by atoms with Crippen LogP contribution in [0.15, 0.2) is 6.07 Å². The Morgan fingerprint density at radius 1 is 1.43 bits per heavy atom. The van der Waals surface area contributed by atoms with Crippen molar-refractivity contribution in [3.63, 3.8) is 0 Å². The van der Waals surface area contributed by atoms with Crippen molar-refractivity contribution >= 4 is 23.2 Å². The van der Waals surface area contributed by atoms with Crippen LogP contribution in [-0.2, 0) is 22.4 Å². The summed E-state index contributed by atoms with van der Waals surface area (Å²) in [6.07, 6.45) is 2.46. The maximum Gasteiger partial charge on any atom is 0.349 e.